The first-order valence-electron chi connectivity index (χ1n) is 6.49. The normalized spacial score (nSPS) is 12.0. The van der Waals surface area contributed by atoms with Crippen LogP contribution in [0.15, 0.2) is 46.9 Å². The van der Waals surface area contributed by atoms with Gasteiger partial charge < -0.3 is 4.57 Å². The molecule has 5 nitrogen and oxygen atoms in total. The van der Waals surface area contributed by atoms with E-state index in [-0.39, 0.29) is 4.90 Å². The van der Waals surface area contributed by atoms with Gasteiger partial charge in [0.05, 0.1) is 22.3 Å². The Balaban J connectivity index is 1.76. The molecular formula is C14H15N3O2S2. The van der Waals surface area contributed by atoms with E-state index in [4.69, 9.17) is 0 Å². The zero-order valence-corrected chi connectivity index (χ0v) is 13.1. The molecule has 2 heterocycles. The molecule has 0 unspecified atom stereocenters. The van der Waals surface area contributed by atoms with Gasteiger partial charge in [0.2, 0.25) is 10.0 Å². The van der Waals surface area contributed by atoms with E-state index in [0.29, 0.717) is 18.5 Å². The average molecular weight is 321 g/mol. The van der Waals surface area contributed by atoms with Crippen molar-refractivity contribution in [1.29, 1.82) is 0 Å². The number of fused-ring (bicyclic) bond motifs is 1. The van der Waals surface area contributed by atoms with Crippen LogP contribution in [0.2, 0.25) is 0 Å². The predicted molar refractivity (Wildman–Crippen MR) is 83.9 cm³/mol. The third kappa shape index (κ3) is 2.99. The first-order valence-corrected chi connectivity index (χ1v) is 8.86. The highest BCUT2D eigenvalue weighted by molar-refractivity contribution is 7.89. The van der Waals surface area contributed by atoms with Crippen LogP contribution in [0.1, 0.15) is 4.88 Å². The van der Waals surface area contributed by atoms with Gasteiger partial charge in [-0.05, 0) is 36.1 Å². The van der Waals surface area contributed by atoms with Crippen molar-refractivity contribution in [3.8, 4) is 0 Å². The summed E-state index contributed by atoms with van der Waals surface area (Å²) in [6, 6.07) is 8.94. The summed E-state index contributed by atoms with van der Waals surface area (Å²) in [5, 5.41) is 1.98. The Hall–Kier alpha value is -1.70. The molecule has 7 heteroatoms. The van der Waals surface area contributed by atoms with E-state index in [1.165, 1.54) is 0 Å². The SMILES string of the molecule is Cn1cnc2cc(S(=O)(=O)NCCc3cccs3)ccc21. The Bertz CT molecular complexity index is 852. The van der Waals surface area contributed by atoms with Crippen molar-refractivity contribution < 1.29 is 8.42 Å². The maximum atomic E-state index is 12.3. The van der Waals surface area contributed by atoms with Crippen molar-refractivity contribution in [1.82, 2.24) is 14.3 Å². The van der Waals surface area contributed by atoms with Crippen LogP contribution in [-0.2, 0) is 23.5 Å². The monoisotopic (exact) mass is 321 g/mol. The summed E-state index contributed by atoms with van der Waals surface area (Å²) < 4.78 is 29.0. The van der Waals surface area contributed by atoms with Crippen LogP contribution in [0.3, 0.4) is 0 Å². The van der Waals surface area contributed by atoms with Crippen molar-refractivity contribution in [3.63, 3.8) is 0 Å². The molecule has 0 atom stereocenters. The number of aryl methyl sites for hydroxylation is 1. The molecule has 0 fully saturated rings. The van der Waals surface area contributed by atoms with Crippen molar-refractivity contribution in [3.05, 3.63) is 46.9 Å². The molecule has 110 valence electrons. The minimum Gasteiger partial charge on any atom is -0.334 e. The zero-order valence-electron chi connectivity index (χ0n) is 11.5. The Labute approximate surface area is 127 Å². The molecule has 0 saturated heterocycles. The molecule has 3 rings (SSSR count). The van der Waals surface area contributed by atoms with Crippen LogP contribution in [0.25, 0.3) is 11.0 Å². The molecule has 0 saturated carbocycles. The van der Waals surface area contributed by atoms with Crippen molar-refractivity contribution in [2.75, 3.05) is 6.54 Å². The molecule has 0 spiro atoms. The number of thiophene rings is 1. The lowest BCUT2D eigenvalue weighted by Gasteiger charge is -2.06. The van der Waals surface area contributed by atoms with E-state index in [1.54, 1.807) is 35.9 Å². The number of hydrogen-bond acceptors (Lipinski definition) is 4. The van der Waals surface area contributed by atoms with Gasteiger partial charge in [-0.25, -0.2) is 18.1 Å². The molecule has 1 N–H and O–H groups in total. The number of nitrogens with zero attached hydrogens (tertiary/aromatic N) is 2. The van der Waals surface area contributed by atoms with Crippen molar-refractivity contribution >= 4 is 32.4 Å². The molecule has 3 aromatic rings. The minimum atomic E-state index is -3.49. The smallest absolute Gasteiger partial charge is 0.240 e. The topological polar surface area (TPSA) is 64.0 Å². The van der Waals surface area contributed by atoms with E-state index >= 15 is 0 Å². The summed E-state index contributed by atoms with van der Waals surface area (Å²) in [5.74, 6) is 0. The van der Waals surface area contributed by atoms with Crippen molar-refractivity contribution in [2.45, 2.75) is 11.3 Å². The first kappa shape index (κ1) is 14.2. The number of aromatic nitrogens is 2. The standard InChI is InChI=1S/C14H15N3O2S2/c1-17-10-15-13-9-12(4-5-14(13)17)21(18,19)16-7-6-11-3-2-8-20-11/h2-5,8-10,16H,6-7H2,1H3. The number of imidazole rings is 1. The molecule has 21 heavy (non-hydrogen) atoms. The van der Waals surface area contributed by atoms with Gasteiger partial charge in [0.15, 0.2) is 0 Å². The van der Waals surface area contributed by atoms with Gasteiger partial charge in [0.25, 0.3) is 0 Å². The third-order valence-electron chi connectivity index (χ3n) is 3.25. The number of nitrogens with one attached hydrogen (secondary N) is 1. The molecule has 0 amide bonds. The van der Waals surface area contributed by atoms with E-state index in [2.05, 4.69) is 9.71 Å². The second kappa shape index (κ2) is 5.59. The van der Waals surface area contributed by atoms with Crippen LogP contribution in [0, 0.1) is 0 Å². The zero-order chi connectivity index (χ0) is 14.9. The lowest BCUT2D eigenvalue weighted by Crippen LogP contribution is -2.25. The maximum Gasteiger partial charge on any atom is 0.240 e. The van der Waals surface area contributed by atoms with Gasteiger partial charge >= 0.3 is 0 Å². The van der Waals surface area contributed by atoms with Gasteiger partial charge in [0.1, 0.15) is 0 Å². The van der Waals surface area contributed by atoms with Gasteiger partial charge in [-0.2, -0.15) is 0 Å². The summed E-state index contributed by atoms with van der Waals surface area (Å²) in [5.41, 5.74) is 1.59. The number of hydrogen-bond donors (Lipinski definition) is 1. The molecule has 1 aromatic carbocycles. The minimum absolute atomic E-state index is 0.250. The molecule has 0 aliphatic rings. The summed E-state index contributed by atoms with van der Waals surface area (Å²) >= 11 is 1.63. The van der Waals surface area contributed by atoms with Gasteiger partial charge in [-0.15, -0.1) is 11.3 Å². The Morgan fingerprint density at radius 1 is 1.33 bits per heavy atom. The van der Waals surface area contributed by atoms with Gasteiger partial charge in [-0.1, -0.05) is 6.07 Å². The number of rotatable bonds is 5. The summed E-state index contributed by atoms with van der Waals surface area (Å²) in [6.07, 6.45) is 2.37. The van der Waals surface area contributed by atoms with Crippen LogP contribution >= 0.6 is 11.3 Å². The molecule has 0 radical (unpaired) electrons. The van der Waals surface area contributed by atoms with Gasteiger partial charge in [0, 0.05) is 18.5 Å². The van der Waals surface area contributed by atoms with E-state index in [1.807, 2.05) is 29.1 Å². The Morgan fingerprint density at radius 3 is 2.95 bits per heavy atom. The van der Waals surface area contributed by atoms with Crippen LogP contribution in [0.4, 0.5) is 0 Å². The van der Waals surface area contributed by atoms with Gasteiger partial charge in [-0.3, -0.25) is 0 Å². The highest BCUT2D eigenvalue weighted by Gasteiger charge is 2.15. The molecule has 0 aliphatic carbocycles. The maximum absolute atomic E-state index is 12.3. The lowest BCUT2D eigenvalue weighted by atomic mass is 10.3. The fourth-order valence-electron chi connectivity index (χ4n) is 2.13. The molecule has 0 aliphatic heterocycles. The average Bonchev–Trinajstić information content (AvgIpc) is 3.09. The fraction of sp³-hybridized carbons (Fsp3) is 0.214. The molecule has 2 aromatic heterocycles. The Kier molecular flexibility index (Phi) is 3.79. The predicted octanol–water partition coefficient (Wildman–Crippen LogP) is 2.16. The van der Waals surface area contributed by atoms with Crippen LogP contribution in [-0.4, -0.2) is 24.5 Å². The Morgan fingerprint density at radius 2 is 2.19 bits per heavy atom. The van der Waals surface area contributed by atoms with E-state index in [0.717, 1.165) is 10.4 Å². The van der Waals surface area contributed by atoms with Crippen molar-refractivity contribution in [2.24, 2.45) is 7.05 Å². The van der Waals surface area contributed by atoms with E-state index in [9.17, 15) is 8.42 Å². The largest absolute Gasteiger partial charge is 0.334 e. The second-order valence-corrected chi connectivity index (χ2v) is 7.53. The molecule has 0 bridgehead atoms. The third-order valence-corrected chi connectivity index (χ3v) is 5.65. The number of benzene rings is 1. The summed E-state index contributed by atoms with van der Waals surface area (Å²) in [7, 11) is -1.61. The fourth-order valence-corrected chi connectivity index (χ4v) is 3.89. The number of sulfonamides is 1. The van der Waals surface area contributed by atoms with Crippen LogP contribution in [0.5, 0.6) is 0 Å². The highest BCUT2D eigenvalue weighted by Crippen LogP contribution is 2.17. The van der Waals surface area contributed by atoms with E-state index < -0.39 is 10.0 Å². The van der Waals surface area contributed by atoms with Crippen LogP contribution < -0.4 is 4.72 Å². The molecular weight excluding hydrogens is 306 g/mol. The first-order chi connectivity index (χ1) is 10.1. The quantitative estimate of drug-likeness (QED) is 0.783. The summed E-state index contributed by atoms with van der Waals surface area (Å²) in [6.45, 7) is 0.392. The highest BCUT2D eigenvalue weighted by atomic mass is 32.2. The summed E-state index contributed by atoms with van der Waals surface area (Å²) in [4.78, 5) is 5.60. The second-order valence-electron chi connectivity index (χ2n) is 4.73. The lowest BCUT2D eigenvalue weighted by molar-refractivity contribution is 0.582.